The summed E-state index contributed by atoms with van der Waals surface area (Å²) >= 11 is 0. The lowest BCUT2D eigenvalue weighted by atomic mass is 10.1. The van der Waals surface area contributed by atoms with Crippen LogP contribution in [-0.2, 0) is 9.59 Å². The molecule has 0 saturated carbocycles. The summed E-state index contributed by atoms with van der Waals surface area (Å²) in [4.78, 5) is 18.0. The van der Waals surface area contributed by atoms with Crippen molar-refractivity contribution in [3.63, 3.8) is 0 Å². The van der Waals surface area contributed by atoms with Crippen LogP contribution in [0.5, 0.6) is 11.5 Å². The highest BCUT2D eigenvalue weighted by molar-refractivity contribution is 5.85. The average molecular weight is 280 g/mol. The molecule has 0 aliphatic rings. The van der Waals surface area contributed by atoms with Gasteiger partial charge in [-0.1, -0.05) is 24.3 Å². The number of carboxylic acids is 2. The Labute approximate surface area is 115 Å². The van der Waals surface area contributed by atoms with Gasteiger partial charge in [-0.15, -0.1) is 0 Å². The van der Waals surface area contributed by atoms with Crippen molar-refractivity contribution in [3.8, 4) is 11.5 Å². The van der Waals surface area contributed by atoms with Crippen molar-refractivity contribution in [2.45, 2.75) is 13.8 Å². The fraction of sp³-hybridized carbons (Fsp3) is 0.143. The van der Waals surface area contributed by atoms with E-state index in [2.05, 4.69) is 0 Å². The quantitative estimate of drug-likeness (QED) is 0.551. The zero-order chi connectivity index (χ0) is 15.7. The second-order valence-corrected chi connectivity index (χ2v) is 3.73. The van der Waals surface area contributed by atoms with Crippen LogP contribution in [0.4, 0.5) is 0 Å². The molecule has 2 aromatic carbocycles. The largest absolute Gasteiger partial charge is 0.504 e. The highest BCUT2D eigenvalue weighted by Crippen LogP contribution is 2.29. The fourth-order valence-corrected chi connectivity index (χ4v) is 1.22. The summed E-state index contributed by atoms with van der Waals surface area (Å²) in [6.45, 7) is 2.17. The first kappa shape index (κ1) is 17.2. The van der Waals surface area contributed by atoms with Gasteiger partial charge in [0.05, 0.1) is 0 Å². The summed E-state index contributed by atoms with van der Waals surface area (Å²) in [5, 5.41) is 35.0. The van der Waals surface area contributed by atoms with E-state index in [1.807, 2.05) is 24.3 Å². The van der Waals surface area contributed by atoms with Crippen LogP contribution < -0.4 is 0 Å². The molecule has 0 aliphatic carbocycles. The maximum absolute atomic E-state index is 9.17. The second kappa shape index (κ2) is 8.36. The van der Waals surface area contributed by atoms with E-state index >= 15 is 0 Å². The first-order chi connectivity index (χ1) is 9.23. The predicted octanol–water partition coefficient (Wildman–Crippen LogP) is 2.43. The monoisotopic (exact) mass is 280 g/mol. The third-order valence-electron chi connectivity index (χ3n) is 1.84. The predicted molar refractivity (Wildman–Crippen MR) is 73.9 cm³/mol. The van der Waals surface area contributed by atoms with Crippen LogP contribution in [0.1, 0.15) is 13.8 Å². The van der Waals surface area contributed by atoms with E-state index in [9.17, 15) is 0 Å². The molecule has 0 unspecified atom stereocenters. The minimum Gasteiger partial charge on any atom is -0.504 e. The number of hydrogen-bond acceptors (Lipinski definition) is 4. The lowest BCUT2D eigenvalue weighted by Crippen LogP contribution is -1.78. The maximum atomic E-state index is 9.17. The number of fused-ring (bicyclic) bond motifs is 1. The summed E-state index contributed by atoms with van der Waals surface area (Å²) in [7, 11) is 0. The van der Waals surface area contributed by atoms with Gasteiger partial charge in [0.15, 0.2) is 11.5 Å². The molecule has 4 N–H and O–H groups in total. The summed E-state index contributed by atoms with van der Waals surface area (Å²) < 4.78 is 0. The number of rotatable bonds is 0. The van der Waals surface area contributed by atoms with Crippen molar-refractivity contribution in [1.82, 2.24) is 0 Å². The summed E-state index contributed by atoms with van der Waals surface area (Å²) in [6.07, 6.45) is 0. The molecule has 6 heteroatoms. The van der Waals surface area contributed by atoms with Crippen molar-refractivity contribution in [2.75, 3.05) is 0 Å². The average Bonchev–Trinajstić information content (AvgIpc) is 2.29. The van der Waals surface area contributed by atoms with Crippen LogP contribution in [0.2, 0.25) is 0 Å². The molecule has 2 aromatic rings. The minimum absolute atomic E-state index is 0.0753. The van der Waals surface area contributed by atoms with Gasteiger partial charge in [-0.3, -0.25) is 9.59 Å². The van der Waals surface area contributed by atoms with Crippen LogP contribution in [0.25, 0.3) is 10.8 Å². The molecule has 0 fully saturated rings. The lowest BCUT2D eigenvalue weighted by Gasteiger charge is -2.00. The summed E-state index contributed by atoms with van der Waals surface area (Å²) in [6, 6.07) is 10.6. The Kier molecular flexibility index (Phi) is 7.21. The number of phenolic OH excluding ortho intramolecular Hbond substituents is 2. The number of aromatic hydroxyl groups is 2. The first-order valence-electron chi connectivity index (χ1n) is 5.53. The van der Waals surface area contributed by atoms with Crippen molar-refractivity contribution in [2.24, 2.45) is 0 Å². The van der Waals surface area contributed by atoms with Crippen molar-refractivity contribution >= 4 is 22.7 Å². The molecule has 6 nitrogen and oxygen atoms in total. The van der Waals surface area contributed by atoms with Gasteiger partial charge in [0, 0.05) is 13.8 Å². The van der Waals surface area contributed by atoms with E-state index in [0.717, 1.165) is 24.6 Å². The molecule has 20 heavy (non-hydrogen) atoms. The second-order valence-electron chi connectivity index (χ2n) is 3.73. The Morgan fingerprint density at radius 3 is 1.30 bits per heavy atom. The normalized spacial score (nSPS) is 8.70. The highest BCUT2D eigenvalue weighted by atomic mass is 16.4. The maximum Gasteiger partial charge on any atom is 0.300 e. The van der Waals surface area contributed by atoms with Crippen LogP contribution in [0, 0.1) is 0 Å². The third kappa shape index (κ3) is 7.54. The van der Waals surface area contributed by atoms with Gasteiger partial charge in [0.25, 0.3) is 11.9 Å². The molecule has 0 spiro atoms. The Morgan fingerprint density at radius 2 is 1.05 bits per heavy atom. The molecule has 108 valence electrons. The fourth-order valence-electron chi connectivity index (χ4n) is 1.22. The molecule has 0 atom stereocenters. The highest BCUT2D eigenvalue weighted by Gasteiger charge is 1.99. The van der Waals surface area contributed by atoms with E-state index in [1.54, 1.807) is 12.1 Å². The SMILES string of the molecule is CC(=O)O.CC(=O)O.Oc1cc2ccccc2cc1O. The van der Waals surface area contributed by atoms with Gasteiger partial charge in [-0.05, 0) is 22.9 Å². The Balaban J connectivity index is 0.000000380. The molecule has 0 radical (unpaired) electrons. The van der Waals surface area contributed by atoms with Crippen molar-refractivity contribution in [3.05, 3.63) is 36.4 Å². The molecule has 0 saturated heterocycles. The van der Waals surface area contributed by atoms with Gasteiger partial charge in [-0.25, -0.2) is 0 Å². The van der Waals surface area contributed by atoms with Gasteiger partial charge in [0.1, 0.15) is 0 Å². The Morgan fingerprint density at radius 1 is 0.800 bits per heavy atom. The zero-order valence-corrected chi connectivity index (χ0v) is 11.1. The number of carbonyl (C=O) groups is 2. The summed E-state index contributed by atoms with van der Waals surface area (Å²) in [5.74, 6) is -1.82. The van der Waals surface area contributed by atoms with E-state index in [0.29, 0.717) is 0 Å². The smallest absolute Gasteiger partial charge is 0.300 e. The topological polar surface area (TPSA) is 115 Å². The molecule has 0 amide bonds. The summed E-state index contributed by atoms with van der Waals surface area (Å²) in [5.41, 5.74) is 0. The standard InChI is InChI=1S/C10H8O2.2C2H4O2/c11-9-5-7-3-1-2-4-8(7)6-10(9)12;2*1-2(3)4/h1-6,11-12H;2*1H3,(H,3,4). The number of benzene rings is 2. The van der Waals surface area contributed by atoms with Crippen molar-refractivity contribution < 1.29 is 30.0 Å². The van der Waals surface area contributed by atoms with Gasteiger partial charge in [-0.2, -0.15) is 0 Å². The van der Waals surface area contributed by atoms with Crippen molar-refractivity contribution in [1.29, 1.82) is 0 Å². The number of hydrogen-bond donors (Lipinski definition) is 4. The Bertz CT molecular complexity index is 531. The molecular formula is C14H16O6. The molecule has 0 aliphatic heterocycles. The molecule has 0 heterocycles. The molecular weight excluding hydrogens is 264 g/mol. The van der Waals surface area contributed by atoms with Crippen LogP contribution in [-0.4, -0.2) is 32.4 Å². The number of phenols is 2. The van der Waals surface area contributed by atoms with Crippen LogP contribution in [0.3, 0.4) is 0 Å². The number of carboxylic acid groups (broad SMARTS) is 2. The minimum atomic E-state index is -0.833. The van der Waals surface area contributed by atoms with E-state index in [-0.39, 0.29) is 11.5 Å². The van der Waals surface area contributed by atoms with E-state index < -0.39 is 11.9 Å². The third-order valence-corrected chi connectivity index (χ3v) is 1.84. The van der Waals surface area contributed by atoms with Crippen LogP contribution in [0.15, 0.2) is 36.4 Å². The zero-order valence-electron chi connectivity index (χ0n) is 11.1. The van der Waals surface area contributed by atoms with Gasteiger partial charge >= 0.3 is 0 Å². The number of aliphatic carboxylic acids is 2. The molecule has 0 aromatic heterocycles. The Hall–Kier alpha value is -2.76. The van der Waals surface area contributed by atoms with Gasteiger partial charge < -0.3 is 20.4 Å². The molecule has 2 rings (SSSR count). The first-order valence-corrected chi connectivity index (χ1v) is 5.53. The van der Waals surface area contributed by atoms with E-state index in [4.69, 9.17) is 30.0 Å². The lowest BCUT2D eigenvalue weighted by molar-refractivity contribution is -0.135. The van der Waals surface area contributed by atoms with E-state index in [1.165, 1.54) is 0 Å². The molecule has 0 bridgehead atoms. The van der Waals surface area contributed by atoms with Gasteiger partial charge in [0.2, 0.25) is 0 Å². The van der Waals surface area contributed by atoms with Crippen LogP contribution >= 0.6 is 0 Å².